The number of benzene rings is 1. The molecule has 0 unspecified atom stereocenters. The number of hydrogen-bond acceptors (Lipinski definition) is 3. The quantitative estimate of drug-likeness (QED) is 0.576. The Kier molecular flexibility index (Phi) is 8.86. The van der Waals surface area contributed by atoms with Gasteiger partial charge in [0.05, 0.1) is 7.11 Å². The van der Waals surface area contributed by atoms with Gasteiger partial charge in [0, 0.05) is 34.7 Å². The van der Waals surface area contributed by atoms with E-state index in [-0.39, 0.29) is 0 Å². The first-order valence-electron chi connectivity index (χ1n) is 8.56. The van der Waals surface area contributed by atoms with Crippen molar-refractivity contribution in [3.8, 4) is 11.5 Å². The third-order valence-corrected chi connectivity index (χ3v) is 3.55. The van der Waals surface area contributed by atoms with Crippen LogP contribution in [-0.4, -0.2) is 16.5 Å². The van der Waals surface area contributed by atoms with Crippen LogP contribution in [0.2, 0.25) is 5.02 Å². The summed E-state index contributed by atoms with van der Waals surface area (Å²) in [6.45, 7) is 10.4. The summed E-state index contributed by atoms with van der Waals surface area (Å²) in [4.78, 5) is 4.28. The average Bonchev–Trinajstić information content (AvgIpc) is 3.13. The number of pyridine rings is 1. The van der Waals surface area contributed by atoms with Gasteiger partial charge in [0.25, 0.3) is 0 Å². The van der Waals surface area contributed by atoms with Gasteiger partial charge in [-0.05, 0) is 25.1 Å². The summed E-state index contributed by atoms with van der Waals surface area (Å²) in [6, 6.07) is 9.41. The van der Waals surface area contributed by atoms with E-state index in [0.717, 1.165) is 28.4 Å². The summed E-state index contributed by atoms with van der Waals surface area (Å²) in [5.41, 5.74) is 2.89. The minimum absolute atomic E-state index is 0.413. The lowest BCUT2D eigenvalue weighted by atomic mass is 10.2. The number of rotatable bonds is 4. The third-order valence-electron chi connectivity index (χ3n) is 3.32. The fourth-order valence-corrected chi connectivity index (χ4v) is 2.41. The van der Waals surface area contributed by atoms with Crippen LogP contribution in [0.5, 0.6) is 11.5 Å². The second-order valence-corrected chi connectivity index (χ2v) is 5.17. The topological polar surface area (TPSA) is 35.8 Å². The Bertz CT molecular complexity index is 784. The molecule has 0 amide bonds. The van der Waals surface area contributed by atoms with Crippen molar-refractivity contribution in [1.82, 2.24) is 9.38 Å². The summed E-state index contributed by atoms with van der Waals surface area (Å²) in [5.74, 6) is 1.50. The van der Waals surface area contributed by atoms with Crippen LogP contribution in [0.15, 0.2) is 42.7 Å². The second kappa shape index (κ2) is 10.6. The molecule has 0 N–H and O–H groups in total. The van der Waals surface area contributed by atoms with E-state index < -0.39 is 0 Å². The fraction of sp³-hybridized carbons (Fsp3) is 0.350. The normalized spacial score (nSPS) is 9.56. The molecule has 3 aromatic rings. The molecular formula is C20H27ClN2O2. The number of imidazole rings is 1. The largest absolute Gasteiger partial charge is 0.496 e. The predicted molar refractivity (Wildman–Crippen MR) is 105 cm³/mol. The lowest BCUT2D eigenvalue weighted by Crippen LogP contribution is -2.00. The Morgan fingerprint density at radius 1 is 1.08 bits per heavy atom. The summed E-state index contributed by atoms with van der Waals surface area (Å²) in [6.07, 6.45) is 3.70. The van der Waals surface area contributed by atoms with Gasteiger partial charge in [-0.1, -0.05) is 45.4 Å². The summed E-state index contributed by atoms with van der Waals surface area (Å²) < 4.78 is 13.2. The molecule has 0 radical (unpaired) electrons. The number of aromatic nitrogens is 2. The van der Waals surface area contributed by atoms with E-state index in [4.69, 9.17) is 21.1 Å². The van der Waals surface area contributed by atoms with E-state index in [0.29, 0.717) is 11.6 Å². The summed E-state index contributed by atoms with van der Waals surface area (Å²) >= 11 is 5.95. The molecule has 3 rings (SSSR count). The van der Waals surface area contributed by atoms with Crippen molar-refractivity contribution in [2.45, 2.75) is 41.2 Å². The van der Waals surface area contributed by atoms with E-state index in [1.165, 1.54) is 0 Å². The monoisotopic (exact) mass is 362 g/mol. The van der Waals surface area contributed by atoms with Gasteiger partial charge in [0.1, 0.15) is 23.8 Å². The Morgan fingerprint density at radius 3 is 2.48 bits per heavy atom. The molecule has 1 aromatic carbocycles. The van der Waals surface area contributed by atoms with Gasteiger partial charge in [-0.15, -0.1) is 0 Å². The first-order chi connectivity index (χ1) is 12.2. The van der Waals surface area contributed by atoms with Crippen molar-refractivity contribution in [3.63, 3.8) is 0 Å². The predicted octanol–water partition coefficient (Wildman–Crippen LogP) is 5.94. The van der Waals surface area contributed by atoms with Crippen LogP contribution in [0.4, 0.5) is 0 Å². The van der Waals surface area contributed by atoms with Crippen molar-refractivity contribution < 1.29 is 9.47 Å². The van der Waals surface area contributed by atoms with Crippen molar-refractivity contribution in [1.29, 1.82) is 0 Å². The number of aryl methyl sites for hydroxylation is 1. The molecule has 0 fully saturated rings. The minimum atomic E-state index is 0.413. The van der Waals surface area contributed by atoms with Crippen LogP contribution in [-0.2, 0) is 6.61 Å². The van der Waals surface area contributed by atoms with Crippen LogP contribution < -0.4 is 9.47 Å². The first-order valence-corrected chi connectivity index (χ1v) is 8.94. The zero-order chi connectivity index (χ0) is 18.8. The van der Waals surface area contributed by atoms with Gasteiger partial charge in [-0.2, -0.15) is 0 Å². The molecule has 0 aliphatic heterocycles. The van der Waals surface area contributed by atoms with Crippen LogP contribution in [0.1, 0.15) is 39.0 Å². The van der Waals surface area contributed by atoms with Gasteiger partial charge in [0.2, 0.25) is 0 Å². The highest BCUT2D eigenvalue weighted by atomic mass is 35.5. The third kappa shape index (κ3) is 5.40. The van der Waals surface area contributed by atoms with Crippen LogP contribution in [0.25, 0.3) is 5.65 Å². The Hall–Kier alpha value is -2.20. The maximum atomic E-state index is 5.95. The molecule has 2 aromatic heterocycles. The lowest BCUT2D eigenvalue weighted by Gasteiger charge is -2.11. The Morgan fingerprint density at radius 2 is 1.80 bits per heavy atom. The van der Waals surface area contributed by atoms with Crippen LogP contribution >= 0.6 is 11.6 Å². The molecule has 0 aliphatic rings. The fourth-order valence-electron chi connectivity index (χ4n) is 2.25. The smallest absolute Gasteiger partial charge is 0.140 e. The second-order valence-electron chi connectivity index (χ2n) is 4.73. The first kappa shape index (κ1) is 20.8. The maximum Gasteiger partial charge on any atom is 0.140 e. The number of halogens is 1. The zero-order valence-electron chi connectivity index (χ0n) is 15.8. The number of hydrogen-bond donors (Lipinski definition) is 0. The van der Waals surface area contributed by atoms with Gasteiger partial charge in [-0.25, -0.2) is 4.98 Å². The van der Waals surface area contributed by atoms with E-state index in [1.807, 2.05) is 69.5 Å². The average molecular weight is 363 g/mol. The molecule has 5 heteroatoms. The van der Waals surface area contributed by atoms with Crippen molar-refractivity contribution in [2.24, 2.45) is 0 Å². The highest BCUT2D eigenvalue weighted by Crippen LogP contribution is 2.25. The number of nitrogens with zero attached hydrogens (tertiary/aromatic N) is 2. The Balaban J connectivity index is 0.000000730. The molecule has 2 heterocycles. The number of fused-ring (bicyclic) bond motifs is 1. The molecule has 4 nitrogen and oxygen atoms in total. The van der Waals surface area contributed by atoms with E-state index in [1.54, 1.807) is 19.4 Å². The summed E-state index contributed by atoms with van der Waals surface area (Å²) in [5, 5.41) is 0.644. The van der Waals surface area contributed by atoms with Gasteiger partial charge >= 0.3 is 0 Å². The minimum Gasteiger partial charge on any atom is -0.496 e. The number of methoxy groups -OCH3 is 1. The van der Waals surface area contributed by atoms with Crippen molar-refractivity contribution in [2.75, 3.05) is 7.11 Å². The highest BCUT2D eigenvalue weighted by Gasteiger charge is 2.07. The van der Waals surface area contributed by atoms with Gasteiger partial charge in [-0.3, -0.25) is 0 Å². The molecule has 0 saturated carbocycles. The molecule has 0 saturated heterocycles. The van der Waals surface area contributed by atoms with Crippen molar-refractivity contribution in [3.05, 3.63) is 59.0 Å². The summed E-state index contributed by atoms with van der Waals surface area (Å²) in [7, 11) is 1.62. The van der Waals surface area contributed by atoms with E-state index >= 15 is 0 Å². The molecule has 0 bridgehead atoms. The molecule has 136 valence electrons. The molecular weight excluding hydrogens is 336 g/mol. The maximum absolute atomic E-state index is 5.95. The number of ether oxygens (including phenoxy) is 2. The Labute approximate surface area is 155 Å². The molecule has 0 aliphatic carbocycles. The van der Waals surface area contributed by atoms with Crippen LogP contribution in [0.3, 0.4) is 0 Å². The van der Waals surface area contributed by atoms with Crippen LogP contribution in [0, 0.1) is 6.92 Å². The van der Waals surface area contributed by atoms with E-state index in [9.17, 15) is 0 Å². The molecule has 0 spiro atoms. The van der Waals surface area contributed by atoms with E-state index in [2.05, 4.69) is 4.98 Å². The van der Waals surface area contributed by atoms with Gasteiger partial charge in [0.15, 0.2) is 0 Å². The highest BCUT2D eigenvalue weighted by molar-refractivity contribution is 6.30. The lowest BCUT2D eigenvalue weighted by molar-refractivity contribution is 0.296. The standard InChI is InChI=1S/C16H15ClN2O2.2C2H6/c1-11-7-14(9-16-18-5-6-19(11)16)21-10-12-3-4-13(17)8-15(12)20-2;2*1-2/h3-9H,10H2,1-2H3;2*1-2H3. The molecule has 0 atom stereocenters. The van der Waals surface area contributed by atoms with Crippen molar-refractivity contribution >= 4 is 17.2 Å². The SMILES string of the molecule is CC.CC.COc1cc(Cl)ccc1COc1cc(C)n2ccnc2c1. The zero-order valence-corrected chi connectivity index (χ0v) is 16.6. The molecule has 25 heavy (non-hydrogen) atoms. The van der Waals surface area contributed by atoms with Gasteiger partial charge < -0.3 is 13.9 Å².